The smallest absolute Gasteiger partial charge is 0.221 e. The van der Waals surface area contributed by atoms with E-state index >= 15 is 0 Å². The van der Waals surface area contributed by atoms with Crippen LogP contribution >= 0.6 is 12.2 Å². The minimum atomic E-state index is -0.0948. The number of nitrogens with zero attached hydrogens (tertiary/aromatic N) is 2. The highest BCUT2D eigenvalue weighted by Crippen LogP contribution is 2.42. The summed E-state index contributed by atoms with van der Waals surface area (Å²) in [7, 11) is 0. The lowest BCUT2D eigenvalue weighted by atomic mass is 9.96. The number of carbonyl (C=O) groups is 1. The van der Waals surface area contributed by atoms with E-state index in [-0.39, 0.29) is 18.0 Å². The number of thiocarbonyl (C=S) groups is 1. The fourth-order valence-electron chi connectivity index (χ4n) is 3.91. The molecule has 1 aliphatic heterocycles. The van der Waals surface area contributed by atoms with E-state index < -0.39 is 0 Å². The third-order valence-corrected chi connectivity index (χ3v) is 5.39. The number of hydrogen-bond donors (Lipinski definition) is 3. The number of anilines is 2. The lowest BCUT2D eigenvalue weighted by Crippen LogP contribution is -2.29. The van der Waals surface area contributed by atoms with Crippen LogP contribution in [0.5, 0.6) is 0 Å². The maximum atomic E-state index is 11.3. The van der Waals surface area contributed by atoms with E-state index in [4.69, 9.17) is 12.2 Å². The Hall–Kier alpha value is -3.19. The van der Waals surface area contributed by atoms with Gasteiger partial charge in [-0.15, -0.1) is 0 Å². The Morgan fingerprint density at radius 2 is 1.93 bits per heavy atom. The van der Waals surface area contributed by atoms with Crippen molar-refractivity contribution >= 4 is 34.6 Å². The van der Waals surface area contributed by atoms with Crippen molar-refractivity contribution in [3.63, 3.8) is 0 Å². The Balaban J connectivity index is 1.77. The van der Waals surface area contributed by atoms with Gasteiger partial charge in [0.15, 0.2) is 5.11 Å². The molecule has 6 nitrogen and oxygen atoms in total. The predicted octanol–water partition coefficient (Wildman–Crippen LogP) is 4.16. The first-order valence-electron chi connectivity index (χ1n) is 9.48. The molecule has 4 rings (SSSR count). The zero-order valence-electron chi connectivity index (χ0n) is 16.6. The molecule has 0 bridgehead atoms. The third-order valence-electron chi connectivity index (χ3n) is 5.07. The van der Waals surface area contributed by atoms with Crippen LogP contribution in [0, 0.1) is 13.8 Å². The summed E-state index contributed by atoms with van der Waals surface area (Å²) >= 11 is 5.74. The van der Waals surface area contributed by atoms with Crippen molar-refractivity contribution in [3.05, 3.63) is 77.4 Å². The molecular weight excluding hydrogens is 382 g/mol. The second-order valence-corrected chi connectivity index (χ2v) is 7.64. The van der Waals surface area contributed by atoms with E-state index in [1.807, 2.05) is 42.5 Å². The van der Waals surface area contributed by atoms with Gasteiger partial charge in [-0.1, -0.05) is 6.07 Å². The van der Waals surface area contributed by atoms with Crippen molar-refractivity contribution < 1.29 is 4.79 Å². The summed E-state index contributed by atoms with van der Waals surface area (Å²) < 4.78 is 0. The molecular formula is C22H23N5OS. The van der Waals surface area contributed by atoms with Crippen LogP contribution in [0.25, 0.3) is 0 Å². The number of amides is 1. The molecule has 3 aromatic rings. The monoisotopic (exact) mass is 405 g/mol. The number of rotatable bonds is 4. The van der Waals surface area contributed by atoms with Crippen molar-refractivity contribution in [2.45, 2.75) is 32.9 Å². The van der Waals surface area contributed by atoms with Gasteiger partial charge in [0, 0.05) is 35.9 Å². The quantitative estimate of drug-likeness (QED) is 0.569. The number of carbonyl (C=O) groups excluding carboxylic acids is 1. The molecule has 1 aromatic carbocycles. The molecule has 1 saturated heterocycles. The van der Waals surface area contributed by atoms with Crippen LogP contribution in [0.15, 0.2) is 54.7 Å². The summed E-state index contributed by atoms with van der Waals surface area (Å²) in [6.07, 6.45) is 1.80. The first-order valence-corrected chi connectivity index (χ1v) is 9.89. The minimum Gasteiger partial charge on any atom is -0.362 e. The zero-order chi connectivity index (χ0) is 20.5. The normalized spacial score (nSPS) is 18.6. The Morgan fingerprint density at radius 1 is 1.17 bits per heavy atom. The Morgan fingerprint density at radius 3 is 2.52 bits per heavy atom. The first kappa shape index (κ1) is 19.1. The van der Waals surface area contributed by atoms with Crippen LogP contribution in [0.4, 0.5) is 11.4 Å². The van der Waals surface area contributed by atoms with Gasteiger partial charge in [0.25, 0.3) is 0 Å². The number of hydrogen-bond acceptors (Lipinski definition) is 3. The maximum Gasteiger partial charge on any atom is 0.221 e. The van der Waals surface area contributed by atoms with Gasteiger partial charge in [-0.05, 0) is 74.1 Å². The number of aromatic nitrogens is 2. The average molecular weight is 406 g/mol. The molecule has 2 atom stereocenters. The average Bonchev–Trinajstić information content (AvgIpc) is 3.21. The van der Waals surface area contributed by atoms with E-state index in [9.17, 15) is 4.79 Å². The van der Waals surface area contributed by atoms with E-state index in [0.29, 0.717) is 5.11 Å². The summed E-state index contributed by atoms with van der Waals surface area (Å²) in [4.78, 5) is 21.4. The van der Waals surface area contributed by atoms with E-state index in [2.05, 4.69) is 45.4 Å². The molecule has 0 aliphatic carbocycles. The van der Waals surface area contributed by atoms with E-state index in [1.165, 1.54) is 12.5 Å². The van der Waals surface area contributed by atoms with Crippen molar-refractivity contribution in [1.29, 1.82) is 0 Å². The molecule has 148 valence electrons. The van der Waals surface area contributed by atoms with Crippen LogP contribution in [0.3, 0.4) is 0 Å². The topological polar surface area (TPSA) is 73.1 Å². The number of aryl methyl sites for hydroxylation is 2. The molecule has 0 spiro atoms. The van der Waals surface area contributed by atoms with Crippen LogP contribution in [0.1, 0.15) is 41.7 Å². The van der Waals surface area contributed by atoms with Crippen LogP contribution in [-0.4, -0.2) is 21.0 Å². The summed E-state index contributed by atoms with van der Waals surface area (Å²) in [6, 6.07) is 15.7. The summed E-state index contributed by atoms with van der Waals surface area (Å²) in [5, 5.41) is 6.91. The highest BCUT2D eigenvalue weighted by atomic mass is 32.1. The maximum absolute atomic E-state index is 11.3. The summed E-state index contributed by atoms with van der Waals surface area (Å²) in [6.45, 7) is 5.63. The molecule has 7 heteroatoms. The summed E-state index contributed by atoms with van der Waals surface area (Å²) in [5.74, 6) is -0.0948. The molecule has 1 fully saturated rings. The van der Waals surface area contributed by atoms with Gasteiger partial charge in [-0.2, -0.15) is 0 Å². The van der Waals surface area contributed by atoms with Crippen LogP contribution < -0.4 is 15.5 Å². The highest BCUT2D eigenvalue weighted by Gasteiger charge is 2.41. The van der Waals surface area contributed by atoms with Gasteiger partial charge >= 0.3 is 0 Å². The van der Waals surface area contributed by atoms with E-state index in [1.54, 1.807) is 6.20 Å². The lowest BCUT2D eigenvalue weighted by Gasteiger charge is -2.28. The van der Waals surface area contributed by atoms with Crippen molar-refractivity contribution in [1.82, 2.24) is 15.3 Å². The summed E-state index contributed by atoms with van der Waals surface area (Å²) in [5.41, 5.74) is 6.05. The van der Waals surface area contributed by atoms with Gasteiger partial charge in [0.05, 0.1) is 17.8 Å². The van der Waals surface area contributed by atoms with Crippen molar-refractivity contribution in [2.75, 3.05) is 10.2 Å². The Kier molecular flexibility index (Phi) is 5.07. The minimum absolute atomic E-state index is 0.0473. The predicted molar refractivity (Wildman–Crippen MR) is 119 cm³/mol. The Bertz CT molecular complexity index is 1040. The van der Waals surface area contributed by atoms with Gasteiger partial charge < -0.3 is 20.5 Å². The van der Waals surface area contributed by atoms with Gasteiger partial charge in [0.1, 0.15) is 0 Å². The molecule has 3 heterocycles. The molecule has 2 aromatic heterocycles. The van der Waals surface area contributed by atoms with Gasteiger partial charge in [-0.25, -0.2) is 0 Å². The molecule has 3 N–H and O–H groups in total. The fraction of sp³-hybridized carbons (Fsp3) is 0.227. The fourth-order valence-corrected chi connectivity index (χ4v) is 4.26. The second-order valence-electron chi connectivity index (χ2n) is 7.26. The number of nitrogens with one attached hydrogen (secondary N) is 3. The molecule has 0 saturated carbocycles. The Labute approximate surface area is 175 Å². The van der Waals surface area contributed by atoms with Gasteiger partial charge in [-0.3, -0.25) is 9.78 Å². The van der Waals surface area contributed by atoms with Crippen molar-refractivity contribution in [3.8, 4) is 0 Å². The number of aromatic amines is 1. The molecule has 0 unspecified atom stereocenters. The molecule has 29 heavy (non-hydrogen) atoms. The largest absolute Gasteiger partial charge is 0.362 e. The van der Waals surface area contributed by atoms with Crippen LogP contribution in [-0.2, 0) is 4.79 Å². The highest BCUT2D eigenvalue weighted by molar-refractivity contribution is 7.80. The lowest BCUT2D eigenvalue weighted by molar-refractivity contribution is -0.114. The third kappa shape index (κ3) is 3.73. The number of benzene rings is 1. The standard InChI is InChI=1S/C22H23N5OS/c1-13-12-18(14(2)24-13)21-20(19-6-4-5-11-23-19)26-22(29)27(21)17-9-7-16(8-10-17)25-15(3)28/h4-12,20-21,24H,1-3H3,(H,25,28)(H,26,29)/t20-,21-/m0/s1. The van der Waals surface area contributed by atoms with Crippen molar-refractivity contribution in [2.24, 2.45) is 0 Å². The van der Waals surface area contributed by atoms with Crippen LogP contribution in [0.2, 0.25) is 0 Å². The van der Waals surface area contributed by atoms with Gasteiger partial charge in [0.2, 0.25) is 5.91 Å². The number of H-pyrrole nitrogens is 1. The first-order chi connectivity index (χ1) is 13.9. The molecule has 1 aliphatic rings. The van der Waals surface area contributed by atoms with E-state index in [0.717, 1.165) is 28.5 Å². The SMILES string of the molecule is CC(=O)Nc1ccc(N2C(=S)N[C@@H](c3ccccn3)[C@@H]2c2cc(C)[nH]c2C)cc1. The molecule has 1 amide bonds. The molecule has 0 radical (unpaired) electrons. The second kappa shape index (κ2) is 7.67. The number of pyridine rings is 1. The zero-order valence-corrected chi connectivity index (χ0v) is 17.4.